The molecule has 1 aliphatic rings. The summed E-state index contributed by atoms with van der Waals surface area (Å²) < 4.78 is 5.92. The first kappa shape index (κ1) is 12.9. The minimum absolute atomic E-state index is 0.0243. The Morgan fingerprint density at radius 1 is 1.53 bits per heavy atom. The topological polar surface area (TPSA) is 38.3 Å². The molecule has 0 bridgehead atoms. The smallest absolute Gasteiger partial charge is 0.251 e. The zero-order chi connectivity index (χ0) is 12.5. The Hall–Kier alpha value is -0.550. The molecule has 1 saturated carbocycles. The highest BCUT2D eigenvalue weighted by Crippen LogP contribution is 2.37. The molecule has 1 fully saturated rings. The van der Waals surface area contributed by atoms with E-state index in [4.69, 9.17) is 4.74 Å². The summed E-state index contributed by atoms with van der Waals surface area (Å²) in [5, 5.41) is 3.86. The van der Waals surface area contributed by atoms with Gasteiger partial charge in [0, 0.05) is 10.9 Å². The number of benzene rings is 1. The fourth-order valence-corrected chi connectivity index (χ4v) is 2.81. The Bertz CT molecular complexity index is 444. The highest BCUT2D eigenvalue weighted by Gasteiger charge is 2.42. The van der Waals surface area contributed by atoms with Crippen molar-refractivity contribution in [3.05, 3.63) is 28.2 Å². The van der Waals surface area contributed by atoms with Crippen LogP contribution in [-0.2, 0) is 0 Å². The van der Waals surface area contributed by atoms with Crippen LogP contribution in [0.25, 0.3) is 0 Å². The minimum atomic E-state index is -0.0368. The number of halogens is 2. The molecule has 0 aromatic heterocycles. The number of carbonyl (C=O) groups is 1. The highest BCUT2D eigenvalue weighted by atomic mass is 79.9. The number of nitrogens with one attached hydrogen (secondary N) is 1. The van der Waals surface area contributed by atoms with Crippen LogP contribution in [0.1, 0.15) is 23.2 Å². The van der Waals surface area contributed by atoms with E-state index < -0.39 is 0 Å². The van der Waals surface area contributed by atoms with Gasteiger partial charge in [0.2, 0.25) is 0 Å². The number of amides is 1. The summed E-state index contributed by atoms with van der Waals surface area (Å²) >= 11 is 6.80. The summed E-state index contributed by atoms with van der Waals surface area (Å²) in [4.78, 5) is 12.0. The number of rotatable bonds is 4. The summed E-state index contributed by atoms with van der Waals surface area (Å²) in [6, 6.07) is 5.33. The fraction of sp³-hybridized carbons (Fsp3) is 0.417. The van der Waals surface area contributed by atoms with E-state index in [-0.39, 0.29) is 11.4 Å². The summed E-state index contributed by atoms with van der Waals surface area (Å²) in [6.45, 7) is 0. The van der Waals surface area contributed by atoms with Crippen LogP contribution in [0.3, 0.4) is 0 Å². The minimum Gasteiger partial charge on any atom is -0.496 e. The van der Waals surface area contributed by atoms with Crippen LogP contribution in [0.15, 0.2) is 22.7 Å². The summed E-state index contributed by atoms with van der Waals surface area (Å²) in [6.07, 6.45) is 2.09. The van der Waals surface area contributed by atoms with E-state index in [1.165, 1.54) is 0 Å². The van der Waals surface area contributed by atoms with Crippen molar-refractivity contribution in [2.45, 2.75) is 18.4 Å². The number of ether oxygens (including phenoxy) is 1. The molecule has 1 aliphatic carbocycles. The molecule has 3 nitrogen and oxygen atoms in total. The third-order valence-corrected chi connectivity index (χ3v) is 4.60. The van der Waals surface area contributed by atoms with E-state index in [9.17, 15) is 4.79 Å². The van der Waals surface area contributed by atoms with Crippen molar-refractivity contribution in [1.82, 2.24) is 5.32 Å². The predicted molar refractivity (Wildman–Crippen MR) is 73.9 cm³/mol. The molecule has 0 radical (unpaired) electrons. The third kappa shape index (κ3) is 2.83. The number of hydrogen-bond donors (Lipinski definition) is 1. The Balaban J connectivity index is 2.12. The molecule has 0 atom stereocenters. The SMILES string of the molecule is COc1ccc(C(=O)NC2(CBr)CC2)cc1Br. The lowest BCUT2D eigenvalue weighted by Gasteiger charge is -2.14. The molecule has 1 N–H and O–H groups in total. The lowest BCUT2D eigenvalue weighted by Crippen LogP contribution is -2.38. The van der Waals surface area contributed by atoms with Gasteiger partial charge in [-0.05, 0) is 47.0 Å². The molecule has 2 rings (SSSR count). The lowest BCUT2D eigenvalue weighted by molar-refractivity contribution is 0.0936. The third-order valence-electron chi connectivity index (χ3n) is 2.90. The predicted octanol–water partition coefficient (Wildman–Crippen LogP) is 3.12. The van der Waals surface area contributed by atoms with Crippen molar-refractivity contribution in [1.29, 1.82) is 0 Å². The van der Waals surface area contributed by atoms with Crippen molar-refractivity contribution in [3.63, 3.8) is 0 Å². The lowest BCUT2D eigenvalue weighted by atomic mass is 10.2. The van der Waals surface area contributed by atoms with Gasteiger partial charge in [0.25, 0.3) is 5.91 Å². The van der Waals surface area contributed by atoms with Gasteiger partial charge < -0.3 is 10.1 Å². The quantitative estimate of drug-likeness (QED) is 0.835. The molecule has 0 saturated heterocycles. The Kier molecular flexibility index (Phi) is 3.78. The molecule has 0 aliphatic heterocycles. The second-order valence-electron chi connectivity index (χ2n) is 4.22. The number of alkyl halides is 1. The summed E-state index contributed by atoms with van der Waals surface area (Å²) in [7, 11) is 1.60. The first-order chi connectivity index (χ1) is 8.10. The number of carbonyl (C=O) groups excluding carboxylic acids is 1. The van der Waals surface area contributed by atoms with Crippen LogP contribution in [0, 0.1) is 0 Å². The van der Waals surface area contributed by atoms with Gasteiger partial charge >= 0.3 is 0 Å². The van der Waals surface area contributed by atoms with Crippen molar-refractivity contribution >= 4 is 37.8 Å². The first-order valence-corrected chi connectivity index (χ1v) is 7.24. The van der Waals surface area contributed by atoms with Crippen LogP contribution in [-0.4, -0.2) is 23.9 Å². The molecular weight excluding hydrogens is 350 g/mol. The maximum atomic E-state index is 12.0. The number of methoxy groups -OCH3 is 1. The maximum absolute atomic E-state index is 12.0. The van der Waals surface area contributed by atoms with E-state index in [1.807, 2.05) is 0 Å². The van der Waals surface area contributed by atoms with Gasteiger partial charge in [0.15, 0.2) is 0 Å². The van der Waals surface area contributed by atoms with Gasteiger partial charge in [0.1, 0.15) is 5.75 Å². The van der Waals surface area contributed by atoms with E-state index in [1.54, 1.807) is 25.3 Å². The number of hydrogen-bond acceptors (Lipinski definition) is 2. The van der Waals surface area contributed by atoms with Crippen LogP contribution in [0.5, 0.6) is 5.75 Å². The summed E-state index contributed by atoms with van der Waals surface area (Å²) in [5.74, 6) is 0.688. The van der Waals surface area contributed by atoms with Crippen molar-refractivity contribution in [3.8, 4) is 5.75 Å². The zero-order valence-electron chi connectivity index (χ0n) is 9.43. The second kappa shape index (κ2) is 4.98. The molecule has 92 valence electrons. The summed E-state index contributed by atoms with van der Waals surface area (Å²) in [5.41, 5.74) is 0.619. The molecule has 1 amide bonds. The van der Waals surface area contributed by atoms with E-state index in [2.05, 4.69) is 37.2 Å². The van der Waals surface area contributed by atoms with Crippen LogP contribution < -0.4 is 10.1 Å². The van der Waals surface area contributed by atoms with Gasteiger partial charge in [-0.3, -0.25) is 4.79 Å². The van der Waals surface area contributed by atoms with Gasteiger partial charge in [-0.25, -0.2) is 0 Å². The molecule has 1 aromatic carbocycles. The van der Waals surface area contributed by atoms with Crippen molar-refractivity contribution < 1.29 is 9.53 Å². The molecule has 0 heterocycles. The van der Waals surface area contributed by atoms with Gasteiger partial charge in [-0.2, -0.15) is 0 Å². The largest absolute Gasteiger partial charge is 0.496 e. The molecule has 0 spiro atoms. The van der Waals surface area contributed by atoms with E-state index in [0.29, 0.717) is 5.56 Å². The Morgan fingerprint density at radius 3 is 2.71 bits per heavy atom. The van der Waals surface area contributed by atoms with Gasteiger partial charge in [0.05, 0.1) is 17.1 Å². The molecule has 5 heteroatoms. The normalized spacial score (nSPS) is 16.4. The molecule has 0 unspecified atom stereocenters. The van der Waals surface area contributed by atoms with Crippen LogP contribution in [0.4, 0.5) is 0 Å². The highest BCUT2D eigenvalue weighted by molar-refractivity contribution is 9.10. The van der Waals surface area contributed by atoms with Gasteiger partial charge in [-0.1, -0.05) is 15.9 Å². The second-order valence-corrected chi connectivity index (χ2v) is 5.63. The fourth-order valence-electron chi connectivity index (χ4n) is 1.56. The van der Waals surface area contributed by atoms with Crippen molar-refractivity contribution in [2.24, 2.45) is 0 Å². The molecule has 1 aromatic rings. The van der Waals surface area contributed by atoms with Crippen LogP contribution in [0.2, 0.25) is 0 Å². The zero-order valence-corrected chi connectivity index (χ0v) is 12.6. The van der Waals surface area contributed by atoms with E-state index in [0.717, 1.165) is 28.4 Å². The molecule has 17 heavy (non-hydrogen) atoms. The average molecular weight is 363 g/mol. The average Bonchev–Trinajstić information content (AvgIpc) is 3.09. The maximum Gasteiger partial charge on any atom is 0.251 e. The van der Waals surface area contributed by atoms with Crippen molar-refractivity contribution in [2.75, 3.05) is 12.4 Å². The Morgan fingerprint density at radius 2 is 2.24 bits per heavy atom. The monoisotopic (exact) mass is 361 g/mol. The first-order valence-electron chi connectivity index (χ1n) is 5.32. The van der Waals surface area contributed by atoms with E-state index >= 15 is 0 Å². The molecular formula is C12H13Br2NO2. The Labute approximate surface area is 117 Å². The van der Waals surface area contributed by atoms with Crippen LogP contribution >= 0.6 is 31.9 Å². The standard InChI is InChI=1S/C12H13Br2NO2/c1-17-10-3-2-8(6-9(10)14)11(16)15-12(7-13)4-5-12/h2-3,6H,4-5,7H2,1H3,(H,15,16). The van der Waals surface area contributed by atoms with Gasteiger partial charge in [-0.15, -0.1) is 0 Å².